The van der Waals surface area contributed by atoms with Crippen molar-refractivity contribution in [2.75, 3.05) is 11.1 Å². The Hall–Kier alpha value is -1.08. The third-order valence-corrected chi connectivity index (χ3v) is 4.90. The van der Waals surface area contributed by atoms with Crippen LogP contribution < -0.4 is 5.32 Å². The van der Waals surface area contributed by atoms with Crippen LogP contribution in [-0.2, 0) is 11.2 Å². The van der Waals surface area contributed by atoms with Gasteiger partial charge in [-0.3, -0.25) is 4.79 Å². The first-order valence-corrected chi connectivity index (χ1v) is 8.45. The van der Waals surface area contributed by atoms with E-state index in [2.05, 4.69) is 22.1 Å². The maximum Gasteiger partial charge on any atom is 0.230 e. The Kier molecular flexibility index (Phi) is 6.05. The number of rotatable bonds is 6. The Morgan fingerprint density at radius 1 is 1.43 bits per heavy atom. The van der Waals surface area contributed by atoms with Gasteiger partial charge in [0.2, 0.25) is 11.0 Å². The molecule has 0 saturated carbocycles. The molecule has 0 aliphatic carbocycles. The summed E-state index contributed by atoms with van der Waals surface area (Å²) >= 11 is 14.7. The maximum absolute atomic E-state index is 12.0. The summed E-state index contributed by atoms with van der Waals surface area (Å²) in [5.74, 6) is 0.554. The molecule has 21 heavy (non-hydrogen) atoms. The molecule has 0 spiro atoms. The summed E-state index contributed by atoms with van der Waals surface area (Å²) < 4.78 is 0.787. The standard InChI is InChI=1S/C13H11Cl2N3OS2/c1-2-5-20-13-18-17-12(21-13)16-11(19)6-8-3-4-9(14)7-10(8)15/h2-4,7H,1,5-6H2,(H,16,17,19). The summed E-state index contributed by atoms with van der Waals surface area (Å²) in [6.07, 6.45) is 1.94. The molecular formula is C13H11Cl2N3OS2. The van der Waals surface area contributed by atoms with Crippen LogP contribution in [0, 0.1) is 0 Å². The predicted octanol–water partition coefficient (Wildman–Crippen LogP) is 4.30. The minimum Gasteiger partial charge on any atom is -0.300 e. The SMILES string of the molecule is C=CCSc1nnc(NC(=O)Cc2ccc(Cl)cc2Cl)s1. The lowest BCUT2D eigenvalue weighted by Gasteiger charge is -2.04. The third-order valence-electron chi connectivity index (χ3n) is 2.34. The van der Waals surface area contributed by atoms with E-state index < -0.39 is 0 Å². The van der Waals surface area contributed by atoms with Crippen molar-refractivity contribution in [3.05, 3.63) is 46.5 Å². The molecule has 0 radical (unpaired) electrons. The van der Waals surface area contributed by atoms with Gasteiger partial charge in [-0.25, -0.2) is 0 Å². The van der Waals surface area contributed by atoms with Gasteiger partial charge in [0, 0.05) is 15.8 Å². The monoisotopic (exact) mass is 359 g/mol. The molecule has 110 valence electrons. The highest BCUT2D eigenvalue weighted by atomic mass is 35.5. The lowest BCUT2D eigenvalue weighted by Crippen LogP contribution is -2.14. The van der Waals surface area contributed by atoms with Crippen molar-refractivity contribution in [2.24, 2.45) is 0 Å². The number of carbonyl (C=O) groups is 1. The number of anilines is 1. The second-order valence-electron chi connectivity index (χ2n) is 3.93. The highest BCUT2D eigenvalue weighted by Gasteiger charge is 2.11. The molecule has 1 aromatic carbocycles. The molecule has 1 N–H and O–H groups in total. The number of nitrogens with one attached hydrogen (secondary N) is 1. The van der Waals surface area contributed by atoms with Crippen LogP contribution in [0.3, 0.4) is 0 Å². The summed E-state index contributed by atoms with van der Waals surface area (Å²) in [5, 5.41) is 12.1. The number of carbonyl (C=O) groups excluding carboxylic acids is 1. The van der Waals surface area contributed by atoms with Crippen molar-refractivity contribution in [1.29, 1.82) is 0 Å². The molecular weight excluding hydrogens is 349 g/mol. The minimum atomic E-state index is -0.198. The number of aromatic nitrogens is 2. The molecule has 0 fully saturated rings. The Balaban J connectivity index is 1.95. The van der Waals surface area contributed by atoms with E-state index in [-0.39, 0.29) is 12.3 Å². The molecule has 1 aromatic heterocycles. The van der Waals surface area contributed by atoms with Crippen LogP contribution in [0.2, 0.25) is 10.0 Å². The minimum absolute atomic E-state index is 0.157. The summed E-state index contributed by atoms with van der Waals surface area (Å²) in [4.78, 5) is 12.0. The molecule has 2 rings (SSSR count). The molecule has 0 bridgehead atoms. The maximum atomic E-state index is 12.0. The van der Waals surface area contributed by atoms with Gasteiger partial charge in [0.05, 0.1) is 6.42 Å². The van der Waals surface area contributed by atoms with E-state index >= 15 is 0 Å². The van der Waals surface area contributed by atoms with Gasteiger partial charge in [-0.2, -0.15) is 0 Å². The van der Waals surface area contributed by atoms with Crippen molar-refractivity contribution >= 4 is 57.3 Å². The van der Waals surface area contributed by atoms with Gasteiger partial charge in [0.1, 0.15) is 0 Å². The number of amides is 1. The van der Waals surface area contributed by atoms with Crippen molar-refractivity contribution in [3.8, 4) is 0 Å². The van der Waals surface area contributed by atoms with Crippen LogP contribution in [0.25, 0.3) is 0 Å². The van der Waals surface area contributed by atoms with Gasteiger partial charge in [-0.1, -0.05) is 58.4 Å². The van der Waals surface area contributed by atoms with E-state index in [0.717, 1.165) is 10.1 Å². The van der Waals surface area contributed by atoms with Crippen LogP contribution in [0.1, 0.15) is 5.56 Å². The van der Waals surface area contributed by atoms with Crippen molar-refractivity contribution in [1.82, 2.24) is 10.2 Å². The average Bonchev–Trinajstić information content (AvgIpc) is 2.87. The van der Waals surface area contributed by atoms with Gasteiger partial charge in [0.25, 0.3) is 0 Å². The molecule has 1 heterocycles. The molecule has 0 aliphatic heterocycles. The lowest BCUT2D eigenvalue weighted by atomic mass is 10.1. The first kappa shape index (κ1) is 16.3. The molecule has 0 atom stereocenters. The topological polar surface area (TPSA) is 54.9 Å². The summed E-state index contributed by atoms with van der Waals surface area (Å²) in [7, 11) is 0. The Morgan fingerprint density at radius 3 is 2.95 bits per heavy atom. The number of hydrogen-bond acceptors (Lipinski definition) is 5. The van der Waals surface area contributed by atoms with Crippen LogP contribution in [0.15, 0.2) is 35.2 Å². The van der Waals surface area contributed by atoms with E-state index in [1.807, 2.05) is 0 Å². The molecule has 0 saturated heterocycles. The molecule has 8 heteroatoms. The van der Waals surface area contributed by atoms with Crippen molar-refractivity contribution in [3.63, 3.8) is 0 Å². The van der Waals surface area contributed by atoms with E-state index in [4.69, 9.17) is 23.2 Å². The van der Waals surface area contributed by atoms with Gasteiger partial charge in [0.15, 0.2) is 4.34 Å². The van der Waals surface area contributed by atoms with Gasteiger partial charge >= 0.3 is 0 Å². The normalized spacial score (nSPS) is 10.4. The van der Waals surface area contributed by atoms with Crippen LogP contribution >= 0.6 is 46.3 Å². The van der Waals surface area contributed by atoms with Crippen molar-refractivity contribution < 1.29 is 4.79 Å². The molecule has 2 aromatic rings. The zero-order valence-corrected chi connectivity index (χ0v) is 14.0. The van der Waals surface area contributed by atoms with Crippen LogP contribution in [-0.4, -0.2) is 21.9 Å². The second-order valence-corrected chi connectivity index (χ2v) is 7.02. The number of hydrogen-bond donors (Lipinski definition) is 1. The number of halogens is 2. The van der Waals surface area contributed by atoms with Crippen molar-refractivity contribution in [2.45, 2.75) is 10.8 Å². The molecule has 0 unspecified atom stereocenters. The molecule has 0 aliphatic rings. The summed E-state index contributed by atoms with van der Waals surface area (Å²) in [5.41, 5.74) is 0.712. The fourth-order valence-corrected chi connectivity index (χ4v) is 3.45. The Morgan fingerprint density at radius 2 is 2.24 bits per heavy atom. The quantitative estimate of drug-likeness (QED) is 0.474. The number of benzene rings is 1. The van der Waals surface area contributed by atoms with Crippen LogP contribution in [0.5, 0.6) is 0 Å². The largest absolute Gasteiger partial charge is 0.300 e. The number of nitrogens with zero attached hydrogens (tertiary/aromatic N) is 2. The molecule has 4 nitrogen and oxygen atoms in total. The average molecular weight is 360 g/mol. The first-order chi connectivity index (χ1) is 10.1. The smallest absolute Gasteiger partial charge is 0.230 e. The molecule has 1 amide bonds. The highest BCUT2D eigenvalue weighted by molar-refractivity contribution is 8.01. The second kappa shape index (κ2) is 7.79. The fraction of sp³-hybridized carbons (Fsp3) is 0.154. The Labute approximate surface area is 140 Å². The van der Waals surface area contributed by atoms with E-state index in [1.165, 1.54) is 23.1 Å². The van der Waals surface area contributed by atoms with E-state index in [1.54, 1.807) is 24.3 Å². The van der Waals surface area contributed by atoms with Gasteiger partial charge < -0.3 is 5.32 Å². The fourth-order valence-electron chi connectivity index (χ4n) is 1.45. The highest BCUT2D eigenvalue weighted by Crippen LogP contribution is 2.26. The lowest BCUT2D eigenvalue weighted by molar-refractivity contribution is -0.115. The third kappa shape index (κ3) is 5.00. The van der Waals surface area contributed by atoms with Crippen LogP contribution in [0.4, 0.5) is 5.13 Å². The predicted molar refractivity (Wildman–Crippen MR) is 89.6 cm³/mol. The van der Waals surface area contributed by atoms with E-state index in [9.17, 15) is 4.79 Å². The number of thioether (sulfide) groups is 1. The van der Waals surface area contributed by atoms with Gasteiger partial charge in [-0.15, -0.1) is 16.8 Å². The zero-order chi connectivity index (χ0) is 15.2. The Bertz CT molecular complexity index is 661. The first-order valence-electron chi connectivity index (χ1n) is 5.89. The summed E-state index contributed by atoms with van der Waals surface area (Å²) in [6.45, 7) is 3.64. The summed E-state index contributed by atoms with van der Waals surface area (Å²) in [6, 6.07) is 5.04. The van der Waals surface area contributed by atoms with E-state index in [0.29, 0.717) is 20.7 Å². The zero-order valence-electron chi connectivity index (χ0n) is 10.8. The van der Waals surface area contributed by atoms with Gasteiger partial charge in [-0.05, 0) is 17.7 Å².